The summed E-state index contributed by atoms with van der Waals surface area (Å²) >= 11 is 0. The van der Waals surface area contributed by atoms with Crippen LogP contribution in [0.2, 0.25) is 0 Å². The van der Waals surface area contributed by atoms with Crippen molar-refractivity contribution in [2.24, 2.45) is 0 Å². The molecule has 0 aliphatic carbocycles. The number of aromatic nitrogens is 2. The second-order valence-corrected chi connectivity index (χ2v) is 4.96. The van der Waals surface area contributed by atoms with Gasteiger partial charge in [0.05, 0.1) is 16.8 Å². The Morgan fingerprint density at radius 1 is 1.09 bits per heavy atom. The van der Waals surface area contributed by atoms with Gasteiger partial charge in [0.15, 0.2) is 5.78 Å². The van der Waals surface area contributed by atoms with Gasteiger partial charge >= 0.3 is 6.18 Å². The molecule has 0 aliphatic rings. The first kappa shape index (κ1) is 14.3. The Morgan fingerprint density at radius 3 is 2.36 bits per heavy atom. The van der Waals surface area contributed by atoms with Gasteiger partial charge in [-0.25, -0.2) is 0 Å². The highest BCUT2D eigenvalue weighted by Gasteiger charge is 2.31. The smallest absolute Gasteiger partial charge is 0.295 e. The van der Waals surface area contributed by atoms with Crippen molar-refractivity contribution in [3.63, 3.8) is 0 Å². The number of hydrogen-bond donors (Lipinski definition) is 1. The van der Waals surface area contributed by atoms with Gasteiger partial charge in [-0.3, -0.25) is 9.89 Å². The molecule has 0 atom stereocenters. The number of carbonyl (C=O) groups is 1. The largest absolute Gasteiger partial charge is 0.416 e. The van der Waals surface area contributed by atoms with Crippen LogP contribution in [0.3, 0.4) is 0 Å². The fraction of sp³-hybridized carbons (Fsp3) is 0.125. The van der Waals surface area contributed by atoms with Gasteiger partial charge in [0, 0.05) is 16.5 Å². The molecular weight excluding hydrogens is 293 g/mol. The van der Waals surface area contributed by atoms with E-state index in [0.717, 1.165) is 12.1 Å². The van der Waals surface area contributed by atoms with Gasteiger partial charge in [-0.15, -0.1) is 0 Å². The lowest BCUT2D eigenvalue weighted by molar-refractivity contribution is -0.137. The van der Waals surface area contributed by atoms with E-state index in [4.69, 9.17) is 0 Å². The molecule has 0 saturated heterocycles. The minimum Gasteiger partial charge on any atom is -0.295 e. The van der Waals surface area contributed by atoms with Crippen LogP contribution < -0.4 is 0 Å². The summed E-state index contributed by atoms with van der Waals surface area (Å²) in [6, 6.07) is 10.1. The lowest BCUT2D eigenvalue weighted by atomic mass is 10.0. The summed E-state index contributed by atoms with van der Waals surface area (Å²) in [7, 11) is 0. The summed E-state index contributed by atoms with van der Waals surface area (Å²) in [5, 5.41) is 7.20. The minimum atomic E-state index is -4.40. The molecular formula is C16H11F3N2O. The molecule has 0 bridgehead atoms. The van der Waals surface area contributed by atoms with Gasteiger partial charge < -0.3 is 0 Å². The Morgan fingerprint density at radius 2 is 1.77 bits per heavy atom. The molecule has 0 aliphatic heterocycles. The molecule has 0 radical (unpaired) electrons. The maximum Gasteiger partial charge on any atom is 0.416 e. The number of aromatic amines is 1. The van der Waals surface area contributed by atoms with E-state index in [-0.39, 0.29) is 5.78 Å². The SMILES string of the molecule is CC(=O)c1ccc(-c2n[nH]c3ccc(C(F)(F)F)cc23)cc1. The van der Waals surface area contributed by atoms with E-state index in [1.54, 1.807) is 24.3 Å². The predicted octanol–water partition coefficient (Wildman–Crippen LogP) is 4.45. The molecule has 1 heterocycles. The number of Topliss-reactive ketones (excluding diaryl/α,β-unsaturated/α-hetero) is 1. The molecule has 6 heteroatoms. The summed E-state index contributed by atoms with van der Waals surface area (Å²) in [4.78, 5) is 11.3. The maximum atomic E-state index is 12.8. The number of alkyl halides is 3. The zero-order valence-electron chi connectivity index (χ0n) is 11.5. The van der Waals surface area contributed by atoms with E-state index in [9.17, 15) is 18.0 Å². The van der Waals surface area contributed by atoms with E-state index in [1.807, 2.05) is 0 Å². The zero-order chi connectivity index (χ0) is 15.9. The average molecular weight is 304 g/mol. The first-order valence-corrected chi connectivity index (χ1v) is 6.53. The number of nitrogens with zero attached hydrogens (tertiary/aromatic N) is 1. The summed E-state index contributed by atoms with van der Waals surface area (Å²) in [6.07, 6.45) is -4.40. The van der Waals surface area contributed by atoms with Crippen LogP contribution >= 0.6 is 0 Å². The number of H-pyrrole nitrogens is 1. The van der Waals surface area contributed by atoms with Crippen molar-refractivity contribution >= 4 is 16.7 Å². The van der Waals surface area contributed by atoms with E-state index < -0.39 is 11.7 Å². The number of hydrogen-bond acceptors (Lipinski definition) is 2. The molecule has 3 aromatic rings. The quantitative estimate of drug-likeness (QED) is 0.711. The molecule has 0 saturated carbocycles. The van der Waals surface area contributed by atoms with E-state index in [0.29, 0.717) is 27.7 Å². The standard InChI is InChI=1S/C16H11F3N2O/c1-9(22)10-2-4-11(5-3-10)15-13-8-12(16(17,18)19)6-7-14(13)20-21-15/h2-8H,1H3,(H,20,21). The molecule has 0 fully saturated rings. The second kappa shape index (κ2) is 4.98. The van der Waals surface area contributed by atoms with Gasteiger partial charge in [0.2, 0.25) is 0 Å². The van der Waals surface area contributed by atoms with Crippen molar-refractivity contribution in [2.45, 2.75) is 13.1 Å². The van der Waals surface area contributed by atoms with Gasteiger partial charge in [-0.05, 0) is 25.1 Å². The topological polar surface area (TPSA) is 45.8 Å². The Hall–Kier alpha value is -2.63. The molecule has 0 unspecified atom stereocenters. The fourth-order valence-electron chi connectivity index (χ4n) is 2.27. The number of rotatable bonds is 2. The van der Waals surface area contributed by atoms with Gasteiger partial charge in [0.25, 0.3) is 0 Å². The fourth-order valence-corrected chi connectivity index (χ4v) is 2.27. The molecule has 1 aromatic heterocycles. The summed E-state index contributed by atoms with van der Waals surface area (Å²) in [6.45, 7) is 1.45. The van der Waals surface area contributed by atoms with Crippen molar-refractivity contribution in [2.75, 3.05) is 0 Å². The summed E-state index contributed by atoms with van der Waals surface area (Å²) in [5.74, 6) is -0.0715. The highest BCUT2D eigenvalue weighted by atomic mass is 19.4. The van der Waals surface area contributed by atoms with Crippen molar-refractivity contribution in [3.05, 3.63) is 53.6 Å². The predicted molar refractivity (Wildman–Crippen MR) is 76.5 cm³/mol. The third kappa shape index (κ3) is 2.47. The third-order valence-electron chi connectivity index (χ3n) is 3.46. The number of ketones is 1. The summed E-state index contributed by atoms with van der Waals surface area (Å²) in [5.41, 5.74) is 1.42. The van der Waals surface area contributed by atoms with Crippen LogP contribution in [0.4, 0.5) is 13.2 Å². The zero-order valence-corrected chi connectivity index (χ0v) is 11.5. The van der Waals surface area contributed by atoms with Crippen molar-refractivity contribution < 1.29 is 18.0 Å². The first-order chi connectivity index (χ1) is 10.4. The van der Waals surface area contributed by atoms with Crippen LogP contribution in [0, 0.1) is 0 Å². The number of carbonyl (C=O) groups excluding carboxylic acids is 1. The van der Waals surface area contributed by atoms with E-state index >= 15 is 0 Å². The maximum absolute atomic E-state index is 12.8. The molecule has 0 spiro atoms. The summed E-state index contributed by atoms with van der Waals surface area (Å²) < 4.78 is 38.5. The monoisotopic (exact) mass is 304 g/mol. The van der Waals surface area contributed by atoms with Crippen LogP contribution in [-0.4, -0.2) is 16.0 Å². The molecule has 22 heavy (non-hydrogen) atoms. The Balaban J connectivity index is 2.12. The molecule has 3 rings (SSSR count). The van der Waals surface area contributed by atoms with E-state index in [2.05, 4.69) is 10.2 Å². The van der Waals surface area contributed by atoms with Crippen molar-refractivity contribution in [1.82, 2.24) is 10.2 Å². The normalized spacial score (nSPS) is 11.8. The lowest BCUT2D eigenvalue weighted by Crippen LogP contribution is -2.04. The van der Waals surface area contributed by atoms with Crippen LogP contribution in [0.1, 0.15) is 22.8 Å². The Bertz CT molecular complexity index is 848. The van der Waals surface area contributed by atoms with Gasteiger partial charge in [-0.1, -0.05) is 24.3 Å². The molecule has 0 amide bonds. The number of benzene rings is 2. The molecule has 1 N–H and O–H groups in total. The van der Waals surface area contributed by atoms with Crippen molar-refractivity contribution in [3.8, 4) is 11.3 Å². The molecule has 112 valence electrons. The van der Waals surface area contributed by atoms with Gasteiger partial charge in [0.1, 0.15) is 0 Å². The van der Waals surface area contributed by atoms with Crippen LogP contribution in [0.5, 0.6) is 0 Å². The number of nitrogens with one attached hydrogen (secondary N) is 1. The first-order valence-electron chi connectivity index (χ1n) is 6.53. The Labute approximate surface area is 123 Å². The van der Waals surface area contributed by atoms with Gasteiger partial charge in [-0.2, -0.15) is 18.3 Å². The molecule has 3 nitrogen and oxygen atoms in total. The highest BCUT2D eigenvalue weighted by molar-refractivity contribution is 5.96. The minimum absolute atomic E-state index is 0.0715. The number of fused-ring (bicyclic) bond motifs is 1. The van der Waals surface area contributed by atoms with E-state index in [1.165, 1.54) is 13.0 Å². The molecule has 2 aromatic carbocycles. The van der Waals surface area contributed by atoms with Crippen molar-refractivity contribution in [1.29, 1.82) is 0 Å². The second-order valence-electron chi connectivity index (χ2n) is 4.96. The lowest BCUT2D eigenvalue weighted by Gasteiger charge is -2.06. The van der Waals surface area contributed by atoms with Crippen LogP contribution in [0.15, 0.2) is 42.5 Å². The third-order valence-corrected chi connectivity index (χ3v) is 3.46. The highest BCUT2D eigenvalue weighted by Crippen LogP contribution is 2.34. The average Bonchev–Trinajstić information content (AvgIpc) is 2.89. The number of halogens is 3. The van der Waals surface area contributed by atoms with Crippen LogP contribution in [-0.2, 0) is 6.18 Å². The Kier molecular flexibility index (Phi) is 3.24. The van der Waals surface area contributed by atoms with Crippen LogP contribution in [0.25, 0.3) is 22.2 Å².